The third-order valence-electron chi connectivity index (χ3n) is 5.77. The second-order valence-corrected chi connectivity index (χ2v) is 9.66. The fourth-order valence-corrected chi connectivity index (χ4v) is 5.32. The monoisotopic (exact) mass is 442 g/mol. The van der Waals surface area contributed by atoms with Crippen LogP contribution in [0.15, 0.2) is 0 Å². The summed E-state index contributed by atoms with van der Waals surface area (Å²) in [4.78, 5) is 44.4. The molecule has 1 N–H and O–H groups in total. The Morgan fingerprint density at radius 1 is 1.23 bits per heavy atom. The van der Waals surface area contributed by atoms with Crippen LogP contribution in [0.2, 0.25) is 0 Å². The number of aryl methyl sites for hydroxylation is 2. The van der Waals surface area contributed by atoms with Gasteiger partial charge < -0.3 is 10.2 Å². The van der Waals surface area contributed by atoms with E-state index in [2.05, 4.69) is 24.1 Å². The number of rotatable bonds is 6. The maximum Gasteiger partial charge on any atom is 0.266 e. The van der Waals surface area contributed by atoms with Gasteiger partial charge in [0.25, 0.3) is 5.91 Å². The Bertz CT molecular complexity index is 1020. The van der Waals surface area contributed by atoms with Crippen molar-refractivity contribution >= 4 is 34.1 Å². The summed E-state index contributed by atoms with van der Waals surface area (Å²) in [6.45, 7) is 12.1. The van der Waals surface area contributed by atoms with Gasteiger partial charge in [0.1, 0.15) is 10.7 Å². The average Bonchev–Trinajstić information content (AvgIpc) is 3.40. The maximum absolute atomic E-state index is 13.4. The summed E-state index contributed by atoms with van der Waals surface area (Å²) < 4.78 is 0. The molecule has 0 bridgehead atoms. The largest absolute Gasteiger partial charge is 0.362 e. The Kier molecular flexibility index (Phi) is 5.96. The minimum Gasteiger partial charge on any atom is -0.362 e. The smallest absolute Gasteiger partial charge is 0.266 e. The van der Waals surface area contributed by atoms with E-state index >= 15 is 0 Å². The minimum atomic E-state index is -0.183. The quantitative estimate of drug-likeness (QED) is 0.736. The van der Waals surface area contributed by atoms with Crippen LogP contribution in [0.25, 0.3) is 0 Å². The summed E-state index contributed by atoms with van der Waals surface area (Å²) >= 11 is 1.40. The van der Waals surface area contributed by atoms with Crippen LogP contribution in [-0.4, -0.2) is 51.3 Å². The summed E-state index contributed by atoms with van der Waals surface area (Å²) in [6.07, 6.45) is 2.08. The molecule has 1 atom stereocenters. The van der Waals surface area contributed by atoms with Gasteiger partial charge in [-0.05, 0) is 39.5 Å². The van der Waals surface area contributed by atoms with Gasteiger partial charge in [-0.15, -0.1) is 0 Å². The first-order chi connectivity index (χ1) is 14.8. The Morgan fingerprint density at radius 3 is 2.71 bits per heavy atom. The number of fused-ring (bicyclic) bond motifs is 1. The number of anilines is 2. The molecule has 2 amide bonds. The summed E-state index contributed by atoms with van der Waals surface area (Å²) in [6, 6.07) is -0.183. The predicted molar refractivity (Wildman–Crippen MR) is 122 cm³/mol. The van der Waals surface area contributed by atoms with Crippen LogP contribution in [0, 0.1) is 19.8 Å². The van der Waals surface area contributed by atoms with Crippen molar-refractivity contribution in [2.24, 2.45) is 5.92 Å². The standard InChI is InChI=1S/C22H30N6O2S/c1-6-23-22-25-14(5)18(31-22)21(30)27-9-7-8-16(27)19-24-13(4)15-10-17(29)28(11-12(2)3)20(15)26-19/h12,16H,6-11H2,1-5H3,(H,23,25). The van der Waals surface area contributed by atoms with E-state index in [1.165, 1.54) is 11.3 Å². The number of nitrogens with one attached hydrogen (secondary N) is 1. The normalized spacial score (nSPS) is 18.3. The lowest BCUT2D eigenvalue weighted by molar-refractivity contribution is -0.117. The number of aromatic nitrogens is 3. The molecule has 1 saturated heterocycles. The zero-order valence-corrected chi connectivity index (χ0v) is 19.7. The summed E-state index contributed by atoms with van der Waals surface area (Å²) in [7, 11) is 0. The maximum atomic E-state index is 13.4. The van der Waals surface area contributed by atoms with Crippen LogP contribution in [-0.2, 0) is 11.2 Å². The van der Waals surface area contributed by atoms with Crippen LogP contribution in [0.3, 0.4) is 0 Å². The number of amides is 2. The van der Waals surface area contributed by atoms with Crippen molar-refractivity contribution in [1.82, 2.24) is 19.9 Å². The average molecular weight is 443 g/mol. The second kappa shape index (κ2) is 8.53. The number of carbonyl (C=O) groups is 2. The van der Waals surface area contributed by atoms with Crippen LogP contribution >= 0.6 is 11.3 Å². The van der Waals surface area contributed by atoms with Gasteiger partial charge in [-0.2, -0.15) is 0 Å². The van der Waals surface area contributed by atoms with Gasteiger partial charge in [0.15, 0.2) is 11.0 Å². The van der Waals surface area contributed by atoms with E-state index < -0.39 is 0 Å². The zero-order valence-electron chi connectivity index (χ0n) is 18.9. The van der Waals surface area contributed by atoms with Crippen molar-refractivity contribution in [2.75, 3.05) is 29.9 Å². The lowest BCUT2D eigenvalue weighted by atomic mass is 10.1. The van der Waals surface area contributed by atoms with Gasteiger partial charge in [-0.25, -0.2) is 15.0 Å². The molecule has 2 aliphatic heterocycles. The lowest BCUT2D eigenvalue weighted by Gasteiger charge is -2.25. The second-order valence-electron chi connectivity index (χ2n) is 8.66. The molecule has 0 aromatic carbocycles. The fraction of sp³-hybridized carbons (Fsp3) is 0.591. The van der Waals surface area contributed by atoms with Crippen molar-refractivity contribution in [3.05, 3.63) is 27.7 Å². The van der Waals surface area contributed by atoms with E-state index in [0.29, 0.717) is 36.1 Å². The van der Waals surface area contributed by atoms with Gasteiger partial charge in [0.05, 0.1) is 18.2 Å². The highest BCUT2D eigenvalue weighted by Crippen LogP contribution is 2.37. The molecule has 2 aliphatic rings. The Morgan fingerprint density at radius 2 is 2.00 bits per heavy atom. The molecular formula is C22H30N6O2S. The van der Waals surface area contributed by atoms with E-state index in [4.69, 9.17) is 9.97 Å². The number of thiazole rings is 1. The number of hydrogen-bond acceptors (Lipinski definition) is 7. The number of nitrogens with zero attached hydrogens (tertiary/aromatic N) is 5. The van der Waals surface area contributed by atoms with E-state index in [9.17, 15) is 9.59 Å². The predicted octanol–water partition coefficient (Wildman–Crippen LogP) is 3.50. The number of carbonyl (C=O) groups excluding carboxylic acids is 2. The van der Waals surface area contributed by atoms with Crippen LogP contribution in [0.4, 0.5) is 10.9 Å². The van der Waals surface area contributed by atoms with Gasteiger partial charge in [-0.3, -0.25) is 14.5 Å². The molecule has 31 heavy (non-hydrogen) atoms. The molecule has 4 heterocycles. The first-order valence-electron chi connectivity index (χ1n) is 11.0. The van der Waals surface area contributed by atoms with Gasteiger partial charge in [-0.1, -0.05) is 25.2 Å². The summed E-state index contributed by atoms with van der Waals surface area (Å²) in [5.74, 6) is 1.77. The van der Waals surface area contributed by atoms with Gasteiger partial charge >= 0.3 is 0 Å². The third kappa shape index (κ3) is 4.03. The van der Waals surface area contributed by atoms with Crippen molar-refractivity contribution in [1.29, 1.82) is 0 Å². The molecule has 0 saturated carbocycles. The molecular weight excluding hydrogens is 412 g/mol. The van der Waals surface area contributed by atoms with Crippen LogP contribution in [0.5, 0.6) is 0 Å². The van der Waals surface area contributed by atoms with E-state index in [-0.39, 0.29) is 17.9 Å². The third-order valence-corrected chi connectivity index (χ3v) is 6.88. The van der Waals surface area contributed by atoms with E-state index in [1.54, 1.807) is 4.90 Å². The summed E-state index contributed by atoms with van der Waals surface area (Å²) in [5.41, 5.74) is 2.50. The van der Waals surface area contributed by atoms with E-state index in [1.807, 2.05) is 25.7 Å². The lowest BCUT2D eigenvalue weighted by Crippen LogP contribution is -2.33. The Hall–Kier alpha value is -2.55. The van der Waals surface area contributed by atoms with Crippen LogP contribution in [0.1, 0.15) is 72.1 Å². The summed E-state index contributed by atoms with van der Waals surface area (Å²) in [5, 5.41) is 3.96. The molecule has 1 fully saturated rings. The Balaban J connectivity index is 1.65. The Labute approximate surface area is 187 Å². The van der Waals surface area contributed by atoms with Crippen molar-refractivity contribution in [3.8, 4) is 0 Å². The molecule has 9 heteroatoms. The highest BCUT2D eigenvalue weighted by atomic mass is 32.1. The molecule has 2 aromatic heterocycles. The van der Waals surface area contributed by atoms with E-state index in [0.717, 1.165) is 47.3 Å². The van der Waals surface area contributed by atoms with Crippen molar-refractivity contribution in [2.45, 2.75) is 59.9 Å². The molecule has 166 valence electrons. The first kappa shape index (κ1) is 21.7. The van der Waals surface area contributed by atoms with Crippen LogP contribution < -0.4 is 10.2 Å². The highest BCUT2D eigenvalue weighted by molar-refractivity contribution is 7.17. The minimum absolute atomic E-state index is 0.0153. The molecule has 0 aliphatic carbocycles. The molecule has 8 nitrogen and oxygen atoms in total. The molecule has 1 unspecified atom stereocenters. The molecule has 0 spiro atoms. The number of likely N-dealkylation sites (tertiary alicyclic amines) is 1. The highest BCUT2D eigenvalue weighted by Gasteiger charge is 2.37. The van der Waals surface area contributed by atoms with Gasteiger partial charge in [0.2, 0.25) is 5.91 Å². The topological polar surface area (TPSA) is 91.3 Å². The fourth-order valence-electron chi connectivity index (χ4n) is 4.33. The number of hydrogen-bond donors (Lipinski definition) is 1. The molecule has 0 radical (unpaired) electrons. The molecule has 4 rings (SSSR count). The van der Waals surface area contributed by atoms with Gasteiger partial charge in [0, 0.05) is 30.9 Å². The van der Waals surface area contributed by atoms with Crippen molar-refractivity contribution < 1.29 is 9.59 Å². The van der Waals surface area contributed by atoms with Crippen molar-refractivity contribution in [3.63, 3.8) is 0 Å². The zero-order chi connectivity index (χ0) is 22.3. The first-order valence-corrected chi connectivity index (χ1v) is 11.8. The SMILES string of the molecule is CCNc1nc(C)c(C(=O)N2CCCC2c2nc(C)c3c(n2)N(CC(C)C)C(=O)C3)s1. The molecule has 2 aromatic rings.